The summed E-state index contributed by atoms with van der Waals surface area (Å²) in [5, 5.41) is 9.12. The number of hydrogen-bond donors (Lipinski definition) is 1. The zero-order valence-corrected chi connectivity index (χ0v) is 6.91. The molecule has 0 aromatic heterocycles. The predicted molar refractivity (Wildman–Crippen MR) is 41.8 cm³/mol. The minimum Gasteiger partial charge on any atom is -0.434 e. The Bertz CT molecular complexity index is 140. The van der Waals surface area contributed by atoms with Gasteiger partial charge in [0, 0.05) is 0 Å². The van der Waals surface area contributed by atoms with Crippen LogP contribution in [0.2, 0.25) is 0 Å². The van der Waals surface area contributed by atoms with Crippen LogP contribution < -0.4 is 0 Å². The van der Waals surface area contributed by atoms with Gasteiger partial charge in [-0.2, -0.15) is 0 Å². The number of ether oxygens (including phenoxy) is 1. The topological polar surface area (TPSA) is 46.5 Å². The third-order valence-corrected chi connectivity index (χ3v) is 1.41. The molecule has 0 spiro atoms. The summed E-state index contributed by atoms with van der Waals surface area (Å²) in [6, 6.07) is 0. The Morgan fingerprint density at radius 3 is 2.73 bits per heavy atom. The summed E-state index contributed by atoms with van der Waals surface area (Å²) in [6.45, 7) is 4.06. The lowest BCUT2D eigenvalue weighted by atomic mass is 10.1. The summed E-state index contributed by atoms with van der Waals surface area (Å²) in [7, 11) is 0. The molecule has 3 heteroatoms. The molecule has 0 radical (unpaired) electrons. The number of aliphatic hydroxyl groups is 1. The number of carbonyl (C=O) groups excluding carboxylic acids is 1. The van der Waals surface area contributed by atoms with Gasteiger partial charge in [-0.25, -0.2) is 0 Å². The van der Waals surface area contributed by atoms with E-state index in [9.17, 15) is 4.79 Å². The van der Waals surface area contributed by atoms with Gasteiger partial charge in [-0.1, -0.05) is 19.4 Å². The Hall–Kier alpha value is -0.830. The minimum atomic E-state index is -1.06. The molecule has 0 fully saturated rings. The molecule has 0 aromatic rings. The fraction of sp³-hybridized carbons (Fsp3) is 0.625. The van der Waals surface area contributed by atoms with Gasteiger partial charge in [0.25, 0.3) is 6.47 Å². The van der Waals surface area contributed by atoms with Gasteiger partial charge < -0.3 is 9.84 Å². The van der Waals surface area contributed by atoms with E-state index >= 15 is 0 Å². The number of allylic oxidation sites excluding steroid dienone is 1. The third-order valence-electron chi connectivity index (χ3n) is 1.41. The van der Waals surface area contributed by atoms with Crippen molar-refractivity contribution in [3.8, 4) is 0 Å². The molecule has 1 atom stereocenters. The Morgan fingerprint density at radius 1 is 1.73 bits per heavy atom. The molecule has 64 valence electrons. The van der Waals surface area contributed by atoms with E-state index in [1.165, 1.54) is 0 Å². The standard InChI is InChI=1S/C8H14O3/c1-3-5-7(4-2)8(10)11-6-9/h4,6,8,10H,3,5H2,1-2H3/b7-4-. The molecule has 0 aliphatic rings. The SMILES string of the molecule is C/C=C(/CCC)C(O)OC=O. The van der Waals surface area contributed by atoms with Gasteiger partial charge in [-0.3, -0.25) is 4.79 Å². The molecule has 0 aliphatic carbocycles. The second kappa shape index (κ2) is 5.92. The highest BCUT2D eigenvalue weighted by Crippen LogP contribution is 2.09. The summed E-state index contributed by atoms with van der Waals surface area (Å²) in [5.74, 6) is 0. The Morgan fingerprint density at radius 2 is 2.36 bits per heavy atom. The van der Waals surface area contributed by atoms with Crippen molar-refractivity contribution < 1.29 is 14.6 Å². The van der Waals surface area contributed by atoms with Crippen LogP contribution in [0.4, 0.5) is 0 Å². The fourth-order valence-electron chi connectivity index (χ4n) is 0.839. The summed E-state index contributed by atoms with van der Waals surface area (Å²) in [4.78, 5) is 9.83. The molecule has 11 heavy (non-hydrogen) atoms. The van der Waals surface area contributed by atoms with E-state index in [2.05, 4.69) is 4.74 Å². The fourth-order valence-corrected chi connectivity index (χ4v) is 0.839. The molecule has 0 bridgehead atoms. The summed E-state index contributed by atoms with van der Waals surface area (Å²) < 4.78 is 4.35. The third kappa shape index (κ3) is 3.78. The quantitative estimate of drug-likeness (QED) is 0.372. The Kier molecular flexibility index (Phi) is 5.47. The van der Waals surface area contributed by atoms with Gasteiger partial charge in [0.15, 0.2) is 0 Å². The maximum Gasteiger partial charge on any atom is 0.295 e. The predicted octanol–water partition coefficient (Wildman–Crippen LogP) is 1.22. The van der Waals surface area contributed by atoms with E-state index in [-0.39, 0.29) is 6.47 Å². The largest absolute Gasteiger partial charge is 0.434 e. The second-order valence-electron chi connectivity index (χ2n) is 2.20. The van der Waals surface area contributed by atoms with Crippen LogP contribution in [-0.2, 0) is 9.53 Å². The Labute approximate surface area is 66.7 Å². The number of carbonyl (C=O) groups is 1. The lowest BCUT2D eigenvalue weighted by molar-refractivity contribution is -0.146. The zero-order valence-electron chi connectivity index (χ0n) is 6.91. The molecule has 0 aromatic carbocycles. The first kappa shape index (κ1) is 10.2. The van der Waals surface area contributed by atoms with Gasteiger partial charge in [0.05, 0.1) is 0 Å². The summed E-state index contributed by atoms with van der Waals surface area (Å²) in [5.41, 5.74) is 0.750. The van der Waals surface area contributed by atoms with E-state index in [1.54, 1.807) is 6.08 Å². The molecule has 1 unspecified atom stereocenters. The van der Waals surface area contributed by atoms with Crippen LogP contribution in [0.15, 0.2) is 11.6 Å². The van der Waals surface area contributed by atoms with E-state index in [0.29, 0.717) is 0 Å². The minimum absolute atomic E-state index is 0.254. The lowest BCUT2D eigenvalue weighted by Crippen LogP contribution is -2.13. The van der Waals surface area contributed by atoms with Crippen LogP contribution in [0.1, 0.15) is 26.7 Å². The van der Waals surface area contributed by atoms with Gasteiger partial charge in [-0.15, -0.1) is 0 Å². The van der Waals surface area contributed by atoms with Crippen molar-refractivity contribution in [2.24, 2.45) is 0 Å². The molecule has 3 nitrogen and oxygen atoms in total. The molecule has 0 aliphatic heterocycles. The second-order valence-corrected chi connectivity index (χ2v) is 2.20. The van der Waals surface area contributed by atoms with Crippen LogP contribution in [-0.4, -0.2) is 17.9 Å². The molecular weight excluding hydrogens is 144 g/mol. The average Bonchev–Trinajstić information content (AvgIpc) is 2.00. The Balaban J connectivity index is 3.92. The van der Waals surface area contributed by atoms with Crippen LogP contribution >= 0.6 is 0 Å². The monoisotopic (exact) mass is 158 g/mol. The number of aliphatic hydroxyl groups excluding tert-OH is 1. The van der Waals surface area contributed by atoms with Crippen LogP contribution in [0.5, 0.6) is 0 Å². The van der Waals surface area contributed by atoms with Crippen molar-refractivity contribution in [3.63, 3.8) is 0 Å². The van der Waals surface area contributed by atoms with Crippen molar-refractivity contribution in [3.05, 3.63) is 11.6 Å². The molecule has 0 rings (SSSR count). The first-order valence-corrected chi connectivity index (χ1v) is 3.68. The lowest BCUT2D eigenvalue weighted by Gasteiger charge is -2.10. The highest BCUT2D eigenvalue weighted by Gasteiger charge is 2.08. The van der Waals surface area contributed by atoms with E-state index in [1.807, 2.05) is 13.8 Å². The molecule has 0 saturated heterocycles. The van der Waals surface area contributed by atoms with E-state index < -0.39 is 6.29 Å². The average molecular weight is 158 g/mol. The highest BCUT2D eigenvalue weighted by molar-refractivity contribution is 5.38. The van der Waals surface area contributed by atoms with Gasteiger partial charge >= 0.3 is 0 Å². The molecule has 1 N–H and O–H groups in total. The highest BCUT2D eigenvalue weighted by atomic mass is 16.6. The normalized spacial score (nSPS) is 14.3. The van der Waals surface area contributed by atoms with Crippen molar-refractivity contribution >= 4 is 6.47 Å². The number of hydrogen-bond acceptors (Lipinski definition) is 3. The smallest absolute Gasteiger partial charge is 0.295 e. The number of rotatable bonds is 5. The molecule has 0 amide bonds. The zero-order chi connectivity index (χ0) is 8.69. The maximum absolute atomic E-state index is 9.83. The molecule has 0 saturated carbocycles. The first-order valence-electron chi connectivity index (χ1n) is 3.68. The van der Waals surface area contributed by atoms with E-state index in [4.69, 9.17) is 5.11 Å². The molecular formula is C8H14O3. The van der Waals surface area contributed by atoms with Crippen molar-refractivity contribution in [2.45, 2.75) is 33.0 Å². The van der Waals surface area contributed by atoms with Gasteiger partial charge in [0.1, 0.15) is 0 Å². The summed E-state index contributed by atoms with van der Waals surface area (Å²) >= 11 is 0. The summed E-state index contributed by atoms with van der Waals surface area (Å²) in [6.07, 6.45) is 2.39. The van der Waals surface area contributed by atoms with Crippen molar-refractivity contribution in [1.82, 2.24) is 0 Å². The van der Waals surface area contributed by atoms with Crippen molar-refractivity contribution in [2.75, 3.05) is 0 Å². The van der Waals surface area contributed by atoms with Gasteiger partial charge in [-0.05, 0) is 18.9 Å². The maximum atomic E-state index is 9.83. The van der Waals surface area contributed by atoms with Crippen LogP contribution in [0, 0.1) is 0 Å². The van der Waals surface area contributed by atoms with Crippen LogP contribution in [0.25, 0.3) is 0 Å². The van der Waals surface area contributed by atoms with Crippen molar-refractivity contribution in [1.29, 1.82) is 0 Å². The molecule has 0 heterocycles. The van der Waals surface area contributed by atoms with E-state index in [0.717, 1.165) is 18.4 Å². The first-order chi connectivity index (χ1) is 5.26. The van der Waals surface area contributed by atoms with Crippen LogP contribution in [0.3, 0.4) is 0 Å². The van der Waals surface area contributed by atoms with Gasteiger partial charge in [0.2, 0.25) is 6.29 Å².